The third-order valence-electron chi connectivity index (χ3n) is 3.65. The fourth-order valence-corrected chi connectivity index (χ4v) is 2.29. The Balaban J connectivity index is 2.12. The molecule has 0 bridgehead atoms. The number of nitrogens with one attached hydrogen (secondary N) is 2. The smallest absolute Gasteiger partial charge is 0.182 e. The van der Waals surface area contributed by atoms with Crippen LogP contribution in [0.1, 0.15) is 34.6 Å². The molecule has 0 aromatic carbocycles. The van der Waals surface area contributed by atoms with E-state index in [1.165, 1.54) is 0 Å². The van der Waals surface area contributed by atoms with Gasteiger partial charge in [-0.3, -0.25) is 4.90 Å². The quantitative estimate of drug-likeness (QED) is 0.440. The van der Waals surface area contributed by atoms with Gasteiger partial charge in [0.25, 0.3) is 0 Å². The first kappa shape index (κ1) is 20.2. The van der Waals surface area contributed by atoms with Crippen LogP contribution in [0.5, 0.6) is 0 Å². The Bertz CT molecular complexity index is 363. The number of rotatable bonds is 9. The van der Waals surface area contributed by atoms with Gasteiger partial charge in [-0.15, -0.1) is 0 Å². The molecule has 1 aliphatic rings. The monoisotopic (exact) mass is 329 g/mol. The molecular weight excluding hydrogens is 294 g/mol. The lowest BCUT2D eigenvalue weighted by atomic mass is 10.1. The number of hydrogen-bond acceptors (Lipinski definition) is 6. The maximum absolute atomic E-state index is 9.68. The third-order valence-corrected chi connectivity index (χ3v) is 3.65. The van der Waals surface area contributed by atoms with Gasteiger partial charge in [0.2, 0.25) is 0 Å². The molecule has 23 heavy (non-hydrogen) atoms. The van der Waals surface area contributed by atoms with Gasteiger partial charge in [-0.05, 0) is 40.2 Å². The third kappa shape index (κ3) is 9.81. The summed E-state index contributed by atoms with van der Waals surface area (Å²) in [5.41, 5.74) is 1.03. The first-order valence-corrected chi connectivity index (χ1v) is 8.55. The van der Waals surface area contributed by atoms with Crippen LogP contribution >= 0.6 is 0 Å². The van der Waals surface area contributed by atoms with Crippen LogP contribution in [0.2, 0.25) is 0 Å². The SMILES string of the molecule is CC(C)=C(O)NCC1CN(CCOCCNC(C)(C)C)CCO1. The van der Waals surface area contributed by atoms with Crippen molar-refractivity contribution in [2.45, 2.75) is 46.3 Å². The van der Waals surface area contributed by atoms with Crippen molar-refractivity contribution >= 4 is 0 Å². The van der Waals surface area contributed by atoms with Crippen LogP contribution in [0.4, 0.5) is 0 Å². The summed E-state index contributed by atoms with van der Waals surface area (Å²) in [5.74, 6) is 0.250. The van der Waals surface area contributed by atoms with Crippen LogP contribution in [0.25, 0.3) is 0 Å². The molecule has 6 heteroatoms. The molecule has 0 spiro atoms. The second-order valence-electron chi connectivity index (χ2n) is 7.31. The number of aliphatic hydroxyl groups excluding tert-OH is 1. The molecule has 1 aliphatic heterocycles. The number of morpholine rings is 1. The standard InChI is InChI=1S/C17H35N3O3/c1-14(2)16(21)18-12-15-13-20(8-11-23-15)7-10-22-9-6-19-17(3,4)5/h15,18-19,21H,6-13H2,1-5H3. The van der Waals surface area contributed by atoms with Gasteiger partial charge < -0.3 is 25.2 Å². The molecule has 0 amide bonds. The highest BCUT2D eigenvalue weighted by atomic mass is 16.5. The van der Waals surface area contributed by atoms with Gasteiger partial charge in [-0.1, -0.05) is 0 Å². The topological polar surface area (TPSA) is 66.0 Å². The van der Waals surface area contributed by atoms with Crippen LogP contribution in [-0.2, 0) is 9.47 Å². The van der Waals surface area contributed by atoms with E-state index in [1.54, 1.807) is 0 Å². The van der Waals surface area contributed by atoms with Crippen LogP contribution in [0.3, 0.4) is 0 Å². The van der Waals surface area contributed by atoms with Crippen molar-refractivity contribution in [2.24, 2.45) is 0 Å². The minimum absolute atomic E-state index is 0.104. The molecule has 1 rings (SSSR count). The predicted octanol–water partition coefficient (Wildman–Crippen LogP) is 1.49. The number of aliphatic hydroxyl groups is 1. The lowest BCUT2D eigenvalue weighted by Crippen LogP contribution is -2.47. The summed E-state index contributed by atoms with van der Waals surface area (Å²) in [7, 11) is 0. The van der Waals surface area contributed by atoms with Crippen LogP contribution < -0.4 is 10.6 Å². The molecule has 1 heterocycles. The Morgan fingerprint density at radius 2 is 2.04 bits per heavy atom. The highest BCUT2D eigenvalue weighted by molar-refractivity contribution is 4.99. The molecule has 0 saturated carbocycles. The predicted molar refractivity (Wildman–Crippen MR) is 93.8 cm³/mol. The molecule has 1 unspecified atom stereocenters. The highest BCUT2D eigenvalue weighted by Gasteiger charge is 2.20. The minimum atomic E-state index is 0.104. The largest absolute Gasteiger partial charge is 0.495 e. The highest BCUT2D eigenvalue weighted by Crippen LogP contribution is 2.05. The number of ether oxygens (including phenoxy) is 2. The average Bonchev–Trinajstić information content (AvgIpc) is 2.47. The van der Waals surface area contributed by atoms with Crippen LogP contribution in [0.15, 0.2) is 11.5 Å². The second-order valence-corrected chi connectivity index (χ2v) is 7.31. The Morgan fingerprint density at radius 1 is 1.30 bits per heavy atom. The number of allylic oxidation sites excluding steroid dienone is 1. The van der Waals surface area contributed by atoms with Gasteiger partial charge in [-0.25, -0.2) is 0 Å². The van der Waals surface area contributed by atoms with Crippen molar-refractivity contribution in [1.82, 2.24) is 15.5 Å². The average molecular weight is 329 g/mol. The lowest BCUT2D eigenvalue weighted by Gasteiger charge is -2.33. The maximum atomic E-state index is 9.68. The van der Waals surface area contributed by atoms with E-state index >= 15 is 0 Å². The molecule has 0 aromatic rings. The molecular formula is C17H35N3O3. The summed E-state index contributed by atoms with van der Waals surface area (Å²) >= 11 is 0. The Labute approximate surface area is 141 Å². The Hall–Kier alpha value is -0.820. The maximum Gasteiger partial charge on any atom is 0.182 e. The first-order chi connectivity index (χ1) is 10.8. The molecule has 6 nitrogen and oxygen atoms in total. The molecule has 1 fully saturated rings. The van der Waals surface area contributed by atoms with Gasteiger partial charge in [0.1, 0.15) is 0 Å². The molecule has 1 atom stereocenters. The molecule has 1 saturated heterocycles. The van der Waals surface area contributed by atoms with Gasteiger partial charge in [-0.2, -0.15) is 0 Å². The van der Waals surface area contributed by atoms with E-state index < -0.39 is 0 Å². The van der Waals surface area contributed by atoms with Crippen molar-refractivity contribution < 1.29 is 14.6 Å². The molecule has 136 valence electrons. The van der Waals surface area contributed by atoms with E-state index in [0.29, 0.717) is 6.54 Å². The summed E-state index contributed by atoms with van der Waals surface area (Å²) in [6, 6.07) is 0. The van der Waals surface area contributed by atoms with Crippen LogP contribution in [-0.4, -0.2) is 74.2 Å². The summed E-state index contributed by atoms with van der Waals surface area (Å²) < 4.78 is 11.4. The fourth-order valence-electron chi connectivity index (χ4n) is 2.29. The van der Waals surface area contributed by atoms with Gasteiger partial charge >= 0.3 is 0 Å². The zero-order valence-electron chi connectivity index (χ0n) is 15.4. The Morgan fingerprint density at radius 3 is 2.70 bits per heavy atom. The number of hydrogen-bond donors (Lipinski definition) is 3. The molecule has 3 N–H and O–H groups in total. The molecule has 0 radical (unpaired) electrons. The second kappa shape index (κ2) is 10.1. The van der Waals surface area contributed by atoms with E-state index in [4.69, 9.17) is 9.47 Å². The zero-order chi connectivity index (χ0) is 17.3. The van der Waals surface area contributed by atoms with Crippen molar-refractivity contribution in [3.8, 4) is 0 Å². The van der Waals surface area contributed by atoms with E-state index in [0.717, 1.165) is 51.6 Å². The lowest BCUT2D eigenvalue weighted by molar-refractivity contribution is -0.0349. The van der Waals surface area contributed by atoms with Gasteiger partial charge in [0.15, 0.2) is 5.88 Å². The number of nitrogens with zero attached hydrogens (tertiary/aromatic N) is 1. The summed E-state index contributed by atoms with van der Waals surface area (Å²) in [4.78, 5) is 2.35. The first-order valence-electron chi connectivity index (χ1n) is 8.55. The van der Waals surface area contributed by atoms with Crippen molar-refractivity contribution in [1.29, 1.82) is 0 Å². The zero-order valence-corrected chi connectivity index (χ0v) is 15.4. The van der Waals surface area contributed by atoms with Crippen molar-refractivity contribution in [2.75, 3.05) is 52.5 Å². The minimum Gasteiger partial charge on any atom is -0.495 e. The Kier molecular flexibility index (Phi) is 8.91. The van der Waals surface area contributed by atoms with Crippen LogP contribution in [0, 0.1) is 0 Å². The molecule has 0 aliphatic carbocycles. The normalized spacial score (nSPS) is 19.6. The summed E-state index contributed by atoms with van der Waals surface area (Å²) in [5, 5.41) is 16.1. The van der Waals surface area contributed by atoms with Crippen molar-refractivity contribution in [3.05, 3.63) is 11.5 Å². The van der Waals surface area contributed by atoms with Gasteiger partial charge in [0, 0.05) is 38.3 Å². The van der Waals surface area contributed by atoms with E-state index in [1.807, 2.05) is 13.8 Å². The van der Waals surface area contributed by atoms with E-state index in [-0.39, 0.29) is 17.5 Å². The van der Waals surface area contributed by atoms with Gasteiger partial charge in [0.05, 0.1) is 25.9 Å². The molecule has 0 aromatic heterocycles. The fraction of sp³-hybridized carbons (Fsp3) is 0.882. The van der Waals surface area contributed by atoms with Crippen molar-refractivity contribution in [3.63, 3.8) is 0 Å². The summed E-state index contributed by atoms with van der Waals surface area (Å²) in [6.45, 7) is 16.7. The summed E-state index contributed by atoms with van der Waals surface area (Å²) in [6.07, 6.45) is 0.104. The van der Waals surface area contributed by atoms with E-state index in [2.05, 4.69) is 36.3 Å². The van der Waals surface area contributed by atoms with E-state index in [9.17, 15) is 5.11 Å².